The molecule has 5 rings (SSSR count). The molecule has 5 heteroatoms. The Morgan fingerprint density at radius 3 is 1.31 bits per heavy atom. The van der Waals surface area contributed by atoms with E-state index >= 15 is 0 Å². The SMILES string of the molecule is CC(C)(C)c1ccc(-c2ccc(C(=CCOc3ccc(OC(Cl)C(=O)O)cc3)c3ccc(-c4ccc(C(C)(C)C)cc4)cc3)cc2)cc1. The van der Waals surface area contributed by atoms with Crippen molar-refractivity contribution in [1.82, 2.24) is 0 Å². The Balaban J connectivity index is 1.39. The number of halogens is 1. The first kappa shape index (κ1) is 34.5. The molecule has 0 saturated carbocycles. The van der Waals surface area contributed by atoms with Crippen molar-refractivity contribution in [3.63, 3.8) is 0 Å². The first-order chi connectivity index (χ1) is 22.8. The summed E-state index contributed by atoms with van der Waals surface area (Å²) >= 11 is 5.70. The molecule has 0 spiro atoms. The van der Waals surface area contributed by atoms with Gasteiger partial charge in [0.15, 0.2) is 0 Å². The smallest absolute Gasteiger partial charge is 0.360 e. The van der Waals surface area contributed by atoms with Crippen molar-refractivity contribution in [3.05, 3.63) is 150 Å². The topological polar surface area (TPSA) is 55.8 Å². The number of rotatable bonds is 10. The normalized spacial score (nSPS) is 12.2. The predicted octanol–water partition coefficient (Wildman–Crippen LogP) is 11.2. The van der Waals surface area contributed by atoms with Gasteiger partial charge in [-0.05, 0) is 91.3 Å². The summed E-state index contributed by atoms with van der Waals surface area (Å²) in [5.41, 5.74) is 9.31. The Morgan fingerprint density at radius 1 is 0.604 bits per heavy atom. The lowest BCUT2D eigenvalue weighted by atomic mass is 9.86. The Kier molecular flexibility index (Phi) is 10.5. The third kappa shape index (κ3) is 8.76. The number of carboxylic acid groups (broad SMARTS) is 1. The standard InChI is InChI=1S/C43H43ClO4/c1-42(2,3)35-19-15-31(16-20-35)29-7-11-33(12-8-29)39(27-28-47-37-23-25-38(26-24-37)48-40(44)41(45)46)34-13-9-30(10-14-34)32-17-21-36(22-18-32)43(4,5)6/h7-27,40H,28H2,1-6H3,(H,45,46). The van der Waals surface area contributed by atoms with Crippen LogP contribution in [0, 0.1) is 0 Å². The van der Waals surface area contributed by atoms with Gasteiger partial charge >= 0.3 is 5.97 Å². The monoisotopic (exact) mass is 658 g/mol. The van der Waals surface area contributed by atoms with E-state index in [0.29, 0.717) is 18.1 Å². The molecule has 246 valence electrons. The second-order valence-electron chi connectivity index (χ2n) is 14.0. The van der Waals surface area contributed by atoms with Gasteiger partial charge in [-0.1, -0.05) is 150 Å². The first-order valence-electron chi connectivity index (χ1n) is 16.2. The van der Waals surface area contributed by atoms with E-state index in [0.717, 1.165) is 27.8 Å². The van der Waals surface area contributed by atoms with Gasteiger partial charge in [0.25, 0.3) is 5.56 Å². The van der Waals surface area contributed by atoms with Crippen LogP contribution >= 0.6 is 11.6 Å². The Morgan fingerprint density at radius 2 is 0.958 bits per heavy atom. The van der Waals surface area contributed by atoms with Gasteiger partial charge in [-0.3, -0.25) is 0 Å². The number of hydrogen-bond acceptors (Lipinski definition) is 3. The first-order valence-corrected chi connectivity index (χ1v) is 16.6. The molecule has 0 saturated heterocycles. The minimum absolute atomic E-state index is 0.110. The third-order valence-corrected chi connectivity index (χ3v) is 8.63. The van der Waals surface area contributed by atoms with E-state index in [1.807, 2.05) is 0 Å². The highest BCUT2D eigenvalue weighted by Gasteiger charge is 2.16. The molecule has 0 aliphatic heterocycles. The third-order valence-electron chi connectivity index (χ3n) is 8.36. The van der Waals surface area contributed by atoms with Crippen molar-refractivity contribution in [2.45, 2.75) is 57.9 Å². The molecule has 0 radical (unpaired) electrons. The molecule has 1 N–H and O–H groups in total. The number of alkyl halides is 1. The average Bonchev–Trinajstić information content (AvgIpc) is 3.07. The molecule has 4 nitrogen and oxygen atoms in total. The fourth-order valence-corrected chi connectivity index (χ4v) is 5.52. The van der Waals surface area contributed by atoms with Gasteiger partial charge in [-0.2, -0.15) is 0 Å². The maximum Gasteiger partial charge on any atom is 0.360 e. The van der Waals surface area contributed by atoms with E-state index in [1.165, 1.54) is 22.3 Å². The van der Waals surface area contributed by atoms with Crippen molar-refractivity contribution < 1.29 is 19.4 Å². The van der Waals surface area contributed by atoms with Gasteiger partial charge in [0, 0.05) is 0 Å². The summed E-state index contributed by atoms with van der Waals surface area (Å²) in [7, 11) is 0. The summed E-state index contributed by atoms with van der Waals surface area (Å²) in [4.78, 5) is 11.0. The number of benzene rings is 5. The zero-order chi connectivity index (χ0) is 34.5. The predicted molar refractivity (Wildman–Crippen MR) is 198 cm³/mol. The zero-order valence-electron chi connectivity index (χ0n) is 28.5. The summed E-state index contributed by atoms with van der Waals surface area (Å²) in [5, 5.41) is 8.98. The minimum atomic E-state index is -1.45. The molecule has 48 heavy (non-hydrogen) atoms. The fourth-order valence-electron chi connectivity index (χ4n) is 5.42. The van der Waals surface area contributed by atoms with E-state index in [4.69, 9.17) is 26.2 Å². The Bertz CT molecular complexity index is 1740. The van der Waals surface area contributed by atoms with Gasteiger partial charge in [0.1, 0.15) is 18.1 Å². The van der Waals surface area contributed by atoms with Crippen molar-refractivity contribution >= 4 is 23.1 Å². The summed E-state index contributed by atoms with van der Waals surface area (Å²) in [6.07, 6.45) is 2.09. The summed E-state index contributed by atoms with van der Waals surface area (Å²) in [6.45, 7) is 13.7. The highest BCUT2D eigenvalue weighted by molar-refractivity contribution is 6.28. The minimum Gasteiger partial charge on any atom is -0.490 e. The van der Waals surface area contributed by atoms with Crippen LogP contribution in [0.15, 0.2) is 127 Å². The molecule has 0 bridgehead atoms. The Hall–Kier alpha value is -4.80. The van der Waals surface area contributed by atoms with Crippen LogP contribution in [0.3, 0.4) is 0 Å². The van der Waals surface area contributed by atoms with E-state index < -0.39 is 11.5 Å². The number of carboxylic acids is 1. The van der Waals surface area contributed by atoms with Crippen LogP contribution in [-0.2, 0) is 15.6 Å². The van der Waals surface area contributed by atoms with Crippen molar-refractivity contribution in [2.24, 2.45) is 0 Å². The molecule has 5 aromatic rings. The highest BCUT2D eigenvalue weighted by atomic mass is 35.5. The van der Waals surface area contributed by atoms with Crippen LogP contribution in [0.25, 0.3) is 27.8 Å². The molecule has 0 heterocycles. The zero-order valence-corrected chi connectivity index (χ0v) is 29.2. The summed E-state index contributed by atoms with van der Waals surface area (Å²) in [6, 6.07) is 41.7. The Labute approximate surface area is 289 Å². The van der Waals surface area contributed by atoms with E-state index in [-0.39, 0.29) is 10.8 Å². The molecule has 1 atom stereocenters. The van der Waals surface area contributed by atoms with Crippen LogP contribution < -0.4 is 9.47 Å². The van der Waals surface area contributed by atoms with E-state index in [9.17, 15) is 4.79 Å². The van der Waals surface area contributed by atoms with Crippen LogP contribution in [0.5, 0.6) is 11.5 Å². The second kappa shape index (κ2) is 14.5. The summed E-state index contributed by atoms with van der Waals surface area (Å²) in [5.74, 6) is -0.266. The van der Waals surface area contributed by atoms with Crippen LogP contribution in [0.4, 0.5) is 0 Å². The largest absolute Gasteiger partial charge is 0.490 e. The second-order valence-corrected chi connectivity index (χ2v) is 14.4. The van der Waals surface area contributed by atoms with Gasteiger partial charge in [0.05, 0.1) is 0 Å². The molecule has 1 unspecified atom stereocenters. The van der Waals surface area contributed by atoms with Crippen molar-refractivity contribution in [2.75, 3.05) is 6.61 Å². The maximum atomic E-state index is 11.0. The molecular weight excluding hydrogens is 616 g/mol. The number of aliphatic carboxylic acids is 1. The molecule has 0 fully saturated rings. The maximum absolute atomic E-state index is 11.0. The molecule has 0 aliphatic carbocycles. The van der Waals surface area contributed by atoms with Gasteiger partial charge in [0.2, 0.25) is 0 Å². The van der Waals surface area contributed by atoms with Gasteiger partial charge in [-0.15, -0.1) is 0 Å². The summed E-state index contributed by atoms with van der Waals surface area (Å²) < 4.78 is 11.3. The highest BCUT2D eigenvalue weighted by Crippen LogP contribution is 2.32. The fraction of sp³-hybridized carbons (Fsp3) is 0.233. The molecule has 0 aromatic heterocycles. The molecule has 5 aromatic carbocycles. The van der Waals surface area contributed by atoms with Crippen LogP contribution in [0.1, 0.15) is 63.8 Å². The lowest BCUT2D eigenvalue weighted by Crippen LogP contribution is -2.20. The molecule has 0 amide bonds. The van der Waals surface area contributed by atoms with Gasteiger partial charge < -0.3 is 14.6 Å². The molecule has 0 aliphatic rings. The van der Waals surface area contributed by atoms with Crippen LogP contribution in [0.2, 0.25) is 0 Å². The number of carbonyl (C=O) groups is 1. The number of hydrogen-bond donors (Lipinski definition) is 1. The van der Waals surface area contributed by atoms with E-state index in [1.54, 1.807) is 24.3 Å². The lowest BCUT2D eigenvalue weighted by molar-refractivity contribution is -0.141. The van der Waals surface area contributed by atoms with Crippen molar-refractivity contribution in [1.29, 1.82) is 0 Å². The lowest BCUT2D eigenvalue weighted by Gasteiger charge is -2.19. The van der Waals surface area contributed by atoms with Crippen molar-refractivity contribution in [3.8, 4) is 33.8 Å². The molecular formula is C43H43ClO4. The van der Waals surface area contributed by atoms with E-state index in [2.05, 4.69) is 145 Å². The number of ether oxygens (including phenoxy) is 2. The quantitative estimate of drug-likeness (QED) is 0.152. The van der Waals surface area contributed by atoms with Gasteiger partial charge in [-0.25, -0.2) is 4.79 Å². The van der Waals surface area contributed by atoms with Crippen LogP contribution in [-0.4, -0.2) is 23.2 Å². The average molecular weight is 659 g/mol.